The zero-order valence-electron chi connectivity index (χ0n) is 10.8. The maximum absolute atomic E-state index is 11.2. The summed E-state index contributed by atoms with van der Waals surface area (Å²) in [6.45, 7) is 2.00. The molecular formula is C15H14ClNO2. The first kappa shape index (κ1) is 13.6. The second kappa shape index (κ2) is 5.85. The summed E-state index contributed by atoms with van der Waals surface area (Å²) in [4.78, 5) is 15.6. The lowest BCUT2D eigenvalue weighted by molar-refractivity contribution is -0.139. The molecule has 0 radical (unpaired) electrons. The summed E-state index contributed by atoms with van der Waals surface area (Å²) < 4.78 is 4.63. The Hall–Kier alpha value is -1.87. The number of carbonyl (C=O) groups is 1. The van der Waals surface area contributed by atoms with Gasteiger partial charge in [-0.2, -0.15) is 0 Å². The molecular weight excluding hydrogens is 262 g/mol. The molecule has 0 amide bonds. The predicted molar refractivity (Wildman–Crippen MR) is 75.1 cm³/mol. The zero-order valence-corrected chi connectivity index (χ0v) is 11.6. The van der Waals surface area contributed by atoms with Crippen LogP contribution in [0.25, 0.3) is 11.3 Å². The Morgan fingerprint density at radius 1 is 1.37 bits per heavy atom. The van der Waals surface area contributed by atoms with E-state index in [9.17, 15) is 4.79 Å². The van der Waals surface area contributed by atoms with E-state index < -0.39 is 0 Å². The number of pyridine rings is 1. The molecule has 0 saturated carbocycles. The quantitative estimate of drug-likeness (QED) is 0.806. The number of carbonyl (C=O) groups excluding carboxylic acids is 1. The van der Waals surface area contributed by atoms with Crippen LogP contribution >= 0.6 is 11.6 Å². The highest BCUT2D eigenvalue weighted by molar-refractivity contribution is 6.31. The average molecular weight is 276 g/mol. The van der Waals surface area contributed by atoms with Crippen molar-refractivity contribution >= 4 is 17.6 Å². The molecule has 0 aliphatic carbocycles. The van der Waals surface area contributed by atoms with Crippen LogP contribution in [0.3, 0.4) is 0 Å². The van der Waals surface area contributed by atoms with Gasteiger partial charge in [-0.25, -0.2) is 0 Å². The minimum absolute atomic E-state index is 0.177. The molecule has 0 atom stereocenters. The van der Waals surface area contributed by atoms with E-state index in [4.69, 9.17) is 11.6 Å². The summed E-state index contributed by atoms with van der Waals surface area (Å²) in [5.74, 6) is -0.302. The summed E-state index contributed by atoms with van der Waals surface area (Å²) >= 11 is 6.20. The fraction of sp³-hybridized carbons (Fsp3) is 0.200. The number of halogens is 1. The number of hydrogen-bond donors (Lipinski definition) is 0. The van der Waals surface area contributed by atoms with E-state index in [2.05, 4.69) is 9.72 Å². The molecule has 98 valence electrons. The topological polar surface area (TPSA) is 39.2 Å². The summed E-state index contributed by atoms with van der Waals surface area (Å²) in [6, 6.07) is 9.47. The lowest BCUT2D eigenvalue weighted by Gasteiger charge is -2.08. The van der Waals surface area contributed by atoms with Crippen LogP contribution in [0.1, 0.15) is 11.1 Å². The van der Waals surface area contributed by atoms with Gasteiger partial charge in [-0.05, 0) is 30.2 Å². The Kier molecular flexibility index (Phi) is 4.17. The first-order valence-electron chi connectivity index (χ1n) is 5.89. The van der Waals surface area contributed by atoms with Crippen molar-refractivity contribution in [3.05, 3.63) is 52.7 Å². The number of benzene rings is 1. The highest BCUT2D eigenvalue weighted by Gasteiger charge is 2.10. The minimum Gasteiger partial charge on any atom is -0.469 e. The lowest BCUT2D eigenvalue weighted by Crippen LogP contribution is -2.04. The highest BCUT2D eigenvalue weighted by atomic mass is 35.5. The van der Waals surface area contributed by atoms with E-state index in [0.717, 1.165) is 22.4 Å². The van der Waals surface area contributed by atoms with Gasteiger partial charge in [0.15, 0.2) is 0 Å². The van der Waals surface area contributed by atoms with Gasteiger partial charge in [0.05, 0.1) is 19.2 Å². The number of methoxy groups -OCH3 is 1. The van der Waals surface area contributed by atoms with E-state index in [-0.39, 0.29) is 12.4 Å². The zero-order chi connectivity index (χ0) is 13.8. The monoisotopic (exact) mass is 275 g/mol. The third-order valence-electron chi connectivity index (χ3n) is 2.90. The molecule has 0 saturated heterocycles. The Morgan fingerprint density at radius 2 is 2.16 bits per heavy atom. The van der Waals surface area contributed by atoms with Crippen molar-refractivity contribution in [2.24, 2.45) is 0 Å². The van der Waals surface area contributed by atoms with Crippen LogP contribution in [0.2, 0.25) is 5.02 Å². The van der Waals surface area contributed by atoms with E-state index in [1.807, 2.05) is 37.3 Å². The van der Waals surface area contributed by atoms with Crippen molar-refractivity contribution in [1.82, 2.24) is 4.98 Å². The van der Waals surface area contributed by atoms with Gasteiger partial charge in [0, 0.05) is 16.8 Å². The van der Waals surface area contributed by atoms with E-state index in [1.165, 1.54) is 7.11 Å². The van der Waals surface area contributed by atoms with Crippen LogP contribution in [-0.4, -0.2) is 18.1 Å². The normalized spacial score (nSPS) is 10.3. The molecule has 3 nitrogen and oxygen atoms in total. The van der Waals surface area contributed by atoms with Gasteiger partial charge in [0.25, 0.3) is 0 Å². The summed E-state index contributed by atoms with van der Waals surface area (Å²) in [7, 11) is 1.36. The predicted octanol–water partition coefficient (Wildman–Crippen LogP) is 3.43. The molecule has 0 bridgehead atoms. The van der Waals surface area contributed by atoms with Gasteiger partial charge >= 0.3 is 5.97 Å². The van der Waals surface area contributed by atoms with E-state index >= 15 is 0 Å². The number of esters is 1. The Labute approximate surface area is 117 Å². The Morgan fingerprint density at radius 3 is 2.79 bits per heavy atom. The van der Waals surface area contributed by atoms with Crippen LogP contribution in [0.5, 0.6) is 0 Å². The molecule has 1 heterocycles. The van der Waals surface area contributed by atoms with E-state index in [1.54, 1.807) is 6.20 Å². The van der Waals surface area contributed by atoms with Gasteiger partial charge in [-0.1, -0.05) is 29.8 Å². The third kappa shape index (κ3) is 3.12. The summed E-state index contributed by atoms with van der Waals surface area (Å²) in [5.41, 5.74) is 3.68. The van der Waals surface area contributed by atoms with Crippen molar-refractivity contribution in [3.8, 4) is 11.3 Å². The second-order valence-corrected chi connectivity index (χ2v) is 4.64. The van der Waals surface area contributed by atoms with Crippen LogP contribution in [0, 0.1) is 6.92 Å². The molecule has 0 unspecified atom stereocenters. The van der Waals surface area contributed by atoms with Crippen molar-refractivity contribution in [2.75, 3.05) is 7.11 Å². The number of aromatic nitrogens is 1. The van der Waals surface area contributed by atoms with Crippen LogP contribution in [-0.2, 0) is 16.0 Å². The fourth-order valence-corrected chi connectivity index (χ4v) is 2.10. The number of aryl methyl sites for hydroxylation is 1. The van der Waals surface area contributed by atoms with Gasteiger partial charge in [0.2, 0.25) is 0 Å². The number of ether oxygens (including phenoxy) is 1. The molecule has 0 aliphatic rings. The highest BCUT2D eigenvalue weighted by Crippen LogP contribution is 2.26. The van der Waals surface area contributed by atoms with Crippen molar-refractivity contribution < 1.29 is 9.53 Å². The molecule has 4 heteroatoms. The number of nitrogens with zero attached hydrogens (tertiary/aromatic N) is 1. The summed E-state index contributed by atoms with van der Waals surface area (Å²) in [6.07, 6.45) is 1.93. The molecule has 0 fully saturated rings. The fourth-order valence-electron chi connectivity index (χ4n) is 1.85. The average Bonchev–Trinajstić information content (AvgIpc) is 2.41. The first-order chi connectivity index (χ1) is 9.11. The smallest absolute Gasteiger partial charge is 0.310 e. The molecule has 0 spiro atoms. The maximum atomic E-state index is 11.2. The van der Waals surface area contributed by atoms with Crippen LogP contribution in [0.15, 0.2) is 36.5 Å². The SMILES string of the molecule is COC(=O)Cc1ccc(-c2ncccc2C)cc1Cl. The molecule has 1 aromatic heterocycles. The first-order valence-corrected chi connectivity index (χ1v) is 6.27. The van der Waals surface area contributed by atoms with Gasteiger partial charge < -0.3 is 4.74 Å². The molecule has 2 aromatic rings. The van der Waals surface area contributed by atoms with Crippen LogP contribution in [0.4, 0.5) is 0 Å². The minimum atomic E-state index is -0.302. The molecule has 19 heavy (non-hydrogen) atoms. The van der Waals surface area contributed by atoms with Crippen molar-refractivity contribution in [2.45, 2.75) is 13.3 Å². The van der Waals surface area contributed by atoms with Gasteiger partial charge in [0.1, 0.15) is 0 Å². The molecule has 2 rings (SSSR count). The number of hydrogen-bond acceptors (Lipinski definition) is 3. The number of rotatable bonds is 3. The lowest BCUT2D eigenvalue weighted by atomic mass is 10.0. The maximum Gasteiger partial charge on any atom is 0.310 e. The molecule has 0 N–H and O–H groups in total. The summed E-state index contributed by atoms with van der Waals surface area (Å²) in [5, 5.41) is 0.549. The van der Waals surface area contributed by atoms with Crippen molar-refractivity contribution in [1.29, 1.82) is 0 Å². The van der Waals surface area contributed by atoms with Gasteiger partial charge in [-0.15, -0.1) is 0 Å². The third-order valence-corrected chi connectivity index (χ3v) is 3.25. The molecule has 0 aliphatic heterocycles. The second-order valence-electron chi connectivity index (χ2n) is 4.23. The van der Waals surface area contributed by atoms with E-state index in [0.29, 0.717) is 5.02 Å². The largest absolute Gasteiger partial charge is 0.469 e. The van der Waals surface area contributed by atoms with Crippen molar-refractivity contribution in [3.63, 3.8) is 0 Å². The van der Waals surface area contributed by atoms with Gasteiger partial charge in [-0.3, -0.25) is 9.78 Å². The Balaban J connectivity index is 2.34. The molecule has 1 aromatic carbocycles. The van der Waals surface area contributed by atoms with Crippen LogP contribution < -0.4 is 0 Å². The standard InChI is InChI=1S/C15H14ClNO2/c1-10-4-3-7-17-15(10)12-6-5-11(13(16)8-12)9-14(18)19-2/h3-8H,9H2,1-2H3. The Bertz CT molecular complexity index is 611.